The highest BCUT2D eigenvalue weighted by atomic mass is 15.3. The molecule has 4 nitrogen and oxygen atoms in total. The van der Waals surface area contributed by atoms with Gasteiger partial charge in [-0.15, -0.1) is 0 Å². The van der Waals surface area contributed by atoms with Crippen LogP contribution in [0.15, 0.2) is 6.07 Å². The molecule has 0 saturated heterocycles. The Morgan fingerprint density at radius 3 is 3.06 bits per heavy atom. The van der Waals surface area contributed by atoms with E-state index in [1.165, 1.54) is 24.2 Å². The molecule has 0 fully saturated rings. The van der Waals surface area contributed by atoms with Gasteiger partial charge in [0.15, 0.2) is 5.82 Å². The van der Waals surface area contributed by atoms with Crippen LogP contribution >= 0.6 is 0 Å². The highest BCUT2D eigenvalue weighted by molar-refractivity contribution is 5.52. The molecule has 2 aromatic heterocycles. The van der Waals surface area contributed by atoms with Crippen LogP contribution in [0, 0.1) is 6.92 Å². The lowest BCUT2D eigenvalue weighted by Crippen LogP contribution is -2.05. The van der Waals surface area contributed by atoms with E-state index < -0.39 is 0 Å². The molecule has 1 aliphatic carbocycles. The summed E-state index contributed by atoms with van der Waals surface area (Å²) in [5, 5.41) is 4.49. The SMILES string of the molecule is CCn1nc(C)cc1-c1nc2c([nH]1)CCCC2C. The number of nitrogens with one attached hydrogen (secondary N) is 1. The van der Waals surface area contributed by atoms with Gasteiger partial charge in [-0.2, -0.15) is 5.10 Å². The first-order valence-corrected chi connectivity index (χ1v) is 6.82. The van der Waals surface area contributed by atoms with Crippen molar-refractivity contribution in [2.75, 3.05) is 0 Å². The van der Waals surface area contributed by atoms with E-state index in [9.17, 15) is 0 Å². The number of nitrogens with zero attached hydrogens (tertiary/aromatic N) is 3. The number of aromatic amines is 1. The molecule has 4 heteroatoms. The molecular weight excluding hydrogens is 224 g/mol. The largest absolute Gasteiger partial charge is 0.340 e. The molecule has 1 atom stereocenters. The van der Waals surface area contributed by atoms with Crippen molar-refractivity contribution in [2.24, 2.45) is 0 Å². The first-order chi connectivity index (χ1) is 8.69. The average Bonchev–Trinajstić information content (AvgIpc) is 2.92. The number of aromatic nitrogens is 4. The minimum absolute atomic E-state index is 0.581. The van der Waals surface area contributed by atoms with E-state index in [0.717, 1.165) is 30.2 Å². The zero-order valence-electron chi connectivity index (χ0n) is 11.3. The molecule has 0 aromatic carbocycles. The number of hydrogen-bond donors (Lipinski definition) is 1. The van der Waals surface area contributed by atoms with Crippen LogP contribution in [0.25, 0.3) is 11.5 Å². The van der Waals surface area contributed by atoms with Crippen molar-refractivity contribution in [1.82, 2.24) is 19.7 Å². The van der Waals surface area contributed by atoms with Crippen LogP contribution in [-0.4, -0.2) is 19.7 Å². The number of hydrogen-bond acceptors (Lipinski definition) is 2. The Balaban J connectivity index is 2.07. The molecule has 1 N–H and O–H groups in total. The highest BCUT2D eigenvalue weighted by Crippen LogP contribution is 2.31. The monoisotopic (exact) mass is 244 g/mol. The average molecular weight is 244 g/mol. The molecule has 0 aliphatic heterocycles. The van der Waals surface area contributed by atoms with Crippen molar-refractivity contribution >= 4 is 0 Å². The lowest BCUT2D eigenvalue weighted by Gasteiger charge is -2.15. The molecule has 0 bridgehead atoms. The third-order valence-electron chi connectivity index (χ3n) is 3.79. The number of imidazole rings is 1. The Kier molecular flexibility index (Phi) is 2.73. The van der Waals surface area contributed by atoms with Gasteiger partial charge in [-0.25, -0.2) is 4.98 Å². The quantitative estimate of drug-likeness (QED) is 0.882. The summed E-state index contributed by atoms with van der Waals surface area (Å²) in [6, 6.07) is 2.11. The Hall–Kier alpha value is -1.58. The Morgan fingerprint density at radius 2 is 2.33 bits per heavy atom. The summed E-state index contributed by atoms with van der Waals surface area (Å²) in [5.41, 5.74) is 4.74. The third kappa shape index (κ3) is 1.76. The van der Waals surface area contributed by atoms with E-state index >= 15 is 0 Å². The summed E-state index contributed by atoms with van der Waals surface area (Å²) < 4.78 is 2.02. The van der Waals surface area contributed by atoms with Gasteiger partial charge in [0.1, 0.15) is 5.69 Å². The Morgan fingerprint density at radius 1 is 1.50 bits per heavy atom. The van der Waals surface area contributed by atoms with Crippen molar-refractivity contribution in [3.05, 3.63) is 23.1 Å². The van der Waals surface area contributed by atoms with Crippen LogP contribution in [0.1, 0.15) is 49.7 Å². The van der Waals surface area contributed by atoms with Crippen LogP contribution in [0.3, 0.4) is 0 Å². The maximum atomic E-state index is 4.81. The number of H-pyrrole nitrogens is 1. The minimum Gasteiger partial charge on any atom is -0.340 e. The van der Waals surface area contributed by atoms with Crippen molar-refractivity contribution in [3.63, 3.8) is 0 Å². The van der Waals surface area contributed by atoms with Gasteiger partial charge in [-0.05, 0) is 39.2 Å². The smallest absolute Gasteiger partial charge is 0.156 e. The maximum absolute atomic E-state index is 4.81. The molecule has 1 unspecified atom stereocenters. The van der Waals surface area contributed by atoms with Gasteiger partial charge in [0, 0.05) is 18.2 Å². The first kappa shape index (κ1) is 11.5. The molecular formula is C14H20N4. The van der Waals surface area contributed by atoms with Crippen LogP contribution in [0.4, 0.5) is 0 Å². The topological polar surface area (TPSA) is 46.5 Å². The van der Waals surface area contributed by atoms with Gasteiger partial charge < -0.3 is 4.98 Å². The van der Waals surface area contributed by atoms with Crippen molar-refractivity contribution in [3.8, 4) is 11.5 Å². The summed E-state index contributed by atoms with van der Waals surface area (Å²) in [4.78, 5) is 8.30. The van der Waals surface area contributed by atoms with E-state index in [1.54, 1.807) is 0 Å². The van der Waals surface area contributed by atoms with Crippen LogP contribution in [0.2, 0.25) is 0 Å². The highest BCUT2D eigenvalue weighted by Gasteiger charge is 2.22. The zero-order valence-corrected chi connectivity index (χ0v) is 11.3. The third-order valence-corrected chi connectivity index (χ3v) is 3.79. The Bertz CT molecular complexity index is 564. The van der Waals surface area contributed by atoms with E-state index in [4.69, 9.17) is 4.98 Å². The van der Waals surface area contributed by atoms with Crippen molar-refractivity contribution in [1.29, 1.82) is 0 Å². The second kappa shape index (κ2) is 4.26. The van der Waals surface area contributed by atoms with Crippen molar-refractivity contribution < 1.29 is 0 Å². The first-order valence-electron chi connectivity index (χ1n) is 6.82. The van der Waals surface area contributed by atoms with Gasteiger partial charge in [-0.1, -0.05) is 6.92 Å². The Labute approximate surface area is 107 Å². The predicted octanol–water partition coefficient (Wildman–Crippen LogP) is 3.04. The molecule has 2 heterocycles. The minimum atomic E-state index is 0.581. The van der Waals surface area contributed by atoms with Gasteiger partial charge in [0.2, 0.25) is 0 Å². The van der Waals surface area contributed by atoms with Gasteiger partial charge in [0.05, 0.1) is 11.4 Å². The molecule has 0 saturated carbocycles. The zero-order chi connectivity index (χ0) is 12.7. The molecule has 18 heavy (non-hydrogen) atoms. The lowest BCUT2D eigenvalue weighted by molar-refractivity contribution is 0.574. The van der Waals surface area contributed by atoms with Gasteiger partial charge in [-0.3, -0.25) is 4.68 Å². The summed E-state index contributed by atoms with van der Waals surface area (Å²) in [6.45, 7) is 7.29. The molecule has 0 radical (unpaired) electrons. The summed E-state index contributed by atoms with van der Waals surface area (Å²) >= 11 is 0. The fourth-order valence-electron chi connectivity index (χ4n) is 2.84. The second-order valence-electron chi connectivity index (χ2n) is 5.23. The van der Waals surface area contributed by atoms with Gasteiger partial charge >= 0.3 is 0 Å². The summed E-state index contributed by atoms with van der Waals surface area (Å²) in [6.07, 6.45) is 3.65. The molecule has 0 spiro atoms. The standard InChI is InChI=1S/C14H20N4/c1-4-18-12(8-10(3)17-18)14-15-11-7-5-6-9(2)13(11)16-14/h8-9H,4-7H2,1-3H3,(H,15,16). The number of rotatable bonds is 2. The molecule has 96 valence electrons. The van der Waals surface area contributed by atoms with Crippen LogP contribution in [0.5, 0.6) is 0 Å². The summed E-state index contributed by atoms with van der Waals surface area (Å²) in [7, 11) is 0. The molecule has 0 amide bonds. The fraction of sp³-hybridized carbons (Fsp3) is 0.571. The van der Waals surface area contributed by atoms with E-state index in [2.05, 4.69) is 30.0 Å². The molecule has 1 aliphatic rings. The van der Waals surface area contributed by atoms with Crippen LogP contribution in [-0.2, 0) is 13.0 Å². The summed E-state index contributed by atoms with van der Waals surface area (Å²) in [5.74, 6) is 1.56. The normalized spacial score (nSPS) is 18.9. The predicted molar refractivity (Wildman–Crippen MR) is 71.6 cm³/mol. The van der Waals surface area contributed by atoms with E-state index in [0.29, 0.717) is 5.92 Å². The lowest BCUT2D eigenvalue weighted by atomic mass is 9.92. The second-order valence-corrected chi connectivity index (χ2v) is 5.23. The van der Waals surface area contributed by atoms with E-state index in [-0.39, 0.29) is 0 Å². The number of aryl methyl sites for hydroxylation is 3. The van der Waals surface area contributed by atoms with Crippen LogP contribution < -0.4 is 0 Å². The van der Waals surface area contributed by atoms with Crippen molar-refractivity contribution in [2.45, 2.75) is 52.5 Å². The molecule has 2 aromatic rings. The fourth-order valence-corrected chi connectivity index (χ4v) is 2.84. The maximum Gasteiger partial charge on any atom is 0.156 e. The van der Waals surface area contributed by atoms with E-state index in [1.807, 2.05) is 11.6 Å². The molecule has 3 rings (SSSR count). The number of fused-ring (bicyclic) bond motifs is 1. The van der Waals surface area contributed by atoms with Gasteiger partial charge in [0.25, 0.3) is 0 Å².